The van der Waals surface area contributed by atoms with Crippen LogP contribution in [0.3, 0.4) is 0 Å². The van der Waals surface area contributed by atoms with Gasteiger partial charge in [0.05, 0.1) is 11.0 Å². The fraction of sp³-hybridized carbons (Fsp3) is 0.222. The standard InChI is InChI=1S/C18H17NO4S/c1-18(22,9-12-6-7-24-10-12)11-19-17(21)16-8-14(20)13-4-2-3-5-15(13)23-16/h2-8,10,22H,9,11H2,1H3,(H,19,21). The average molecular weight is 343 g/mol. The molecule has 0 spiro atoms. The number of aliphatic hydroxyl groups is 1. The van der Waals surface area contributed by atoms with Crippen molar-refractivity contribution in [3.63, 3.8) is 0 Å². The molecule has 0 radical (unpaired) electrons. The number of amides is 1. The van der Waals surface area contributed by atoms with Crippen LogP contribution in [0.15, 0.2) is 56.4 Å². The summed E-state index contributed by atoms with van der Waals surface area (Å²) in [5.41, 5.74) is 0.0112. The van der Waals surface area contributed by atoms with Crippen LogP contribution in [0, 0.1) is 0 Å². The highest BCUT2D eigenvalue weighted by Gasteiger charge is 2.23. The van der Waals surface area contributed by atoms with Gasteiger partial charge in [-0.25, -0.2) is 0 Å². The zero-order valence-electron chi connectivity index (χ0n) is 13.1. The summed E-state index contributed by atoms with van der Waals surface area (Å²) in [6.07, 6.45) is 0.429. The molecule has 1 atom stereocenters. The molecular weight excluding hydrogens is 326 g/mol. The zero-order valence-corrected chi connectivity index (χ0v) is 13.9. The minimum Gasteiger partial charge on any atom is -0.451 e. The third-order valence-electron chi connectivity index (χ3n) is 3.65. The number of nitrogens with one attached hydrogen (secondary N) is 1. The monoisotopic (exact) mass is 343 g/mol. The van der Waals surface area contributed by atoms with Gasteiger partial charge in [0.15, 0.2) is 11.2 Å². The fourth-order valence-electron chi connectivity index (χ4n) is 2.47. The number of carbonyl (C=O) groups excluding carboxylic acids is 1. The second-order valence-corrected chi connectivity index (χ2v) is 6.74. The predicted molar refractivity (Wildman–Crippen MR) is 93.5 cm³/mol. The first-order valence-corrected chi connectivity index (χ1v) is 8.43. The molecule has 1 amide bonds. The maximum absolute atomic E-state index is 12.2. The number of carbonyl (C=O) groups is 1. The van der Waals surface area contributed by atoms with Crippen molar-refractivity contribution in [2.24, 2.45) is 0 Å². The molecule has 0 aliphatic heterocycles. The van der Waals surface area contributed by atoms with Crippen molar-refractivity contribution in [2.45, 2.75) is 18.9 Å². The van der Waals surface area contributed by atoms with E-state index in [2.05, 4.69) is 5.32 Å². The molecule has 2 N–H and O–H groups in total. The summed E-state index contributed by atoms with van der Waals surface area (Å²) in [6.45, 7) is 1.71. The van der Waals surface area contributed by atoms with Crippen LogP contribution in [-0.4, -0.2) is 23.2 Å². The van der Waals surface area contributed by atoms with Gasteiger partial charge in [-0.15, -0.1) is 0 Å². The average Bonchev–Trinajstić information content (AvgIpc) is 3.05. The first-order valence-electron chi connectivity index (χ1n) is 7.49. The summed E-state index contributed by atoms with van der Waals surface area (Å²) < 4.78 is 5.48. The quantitative estimate of drug-likeness (QED) is 0.746. The molecule has 3 rings (SSSR count). The normalized spacial score (nSPS) is 13.6. The molecule has 0 saturated heterocycles. The van der Waals surface area contributed by atoms with Crippen LogP contribution in [-0.2, 0) is 6.42 Å². The number of hydrogen-bond acceptors (Lipinski definition) is 5. The van der Waals surface area contributed by atoms with Gasteiger partial charge in [-0.2, -0.15) is 11.3 Å². The van der Waals surface area contributed by atoms with Crippen LogP contribution in [0.4, 0.5) is 0 Å². The van der Waals surface area contributed by atoms with Crippen molar-refractivity contribution in [3.8, 4) is 0 Å². The lowest BCUT2D eigenvalue weighted by Crippen LogP contribution is -2.42. The van der Waals surface area contributed by atoms with Crippen LogP contribution >= 0.6 is 11.3 Å². The molecule has 1 aromatic carbocycles. The minimum atomic E-state index is -1.09. The van der Waals surface area contributed by atoms with Crippen LogP contribution in [0.1, 0.15) is 23.0 Å². The Labute approximate surface area is 142 Å². The molecule has 2 aromatic heterocycles. The summed E-state index contributed by atoms with van der Waals surface area (Å²) in [6, 6.07) is 9.86. The largest absolute Gasteiger partial charge is 0.451 e. The third-order valence-corrected chi connectivity index (χ3v) is 4.39. The summed E-state index contributed by atoms with van der Waals surface area (Å²) in [5.74, 6) is -0.589. The molecule has 1 unspecified atom stereocenters. The highest BCUT2D eigenvalue weighted by Crippen LogP contribution is 2.16. The molecule has 0 saturated carbocycles. The van der Waals surface area contributed by atoms with Crippen molar-refractivity contribution in [2.75, 3.05) is 6.54 Å². The van der Waals surface area contributed by atoms with Crippen molar-refractivity contribution in [1.29, 1.82) is 0 Å². The van der Waals surface area contributed by atoms with Gasteiger partial charge in [-0.05, 0) is 41.4 Å². The van der Waals surface area contributed by atoms with Gasteiger partial charge in [0.25, 0.3) is 5.91 Å². The lowest BCUT2D eigenvalue weighted by atomic mass is 9.98. The van der Waals surface area contributed by atoms with Gasteiger partial charge in [-0.1, -0.05) is 12.1 Å². The molecule has 0 bridgehead atoms. The van der Waals surface area contributed by atoms with E-state index in [1.54, 1.807) is 42.5 Å². The topological polar surface area (TPSA) is 79.5 Å². The Morgan fingerprint density at radius 3 is 2.88 bits per heavy atom. The van der Waals surface area contributed by atoms with Gasteiger partial charge in [-0.3, -0.25) is 9.59 Å². The molecule has 6 heteroatoms. The van der Waals surface area contributed by atoms with Crippen molar-refractivity contribution >= 4 is 28.2 Å². The molecule has 5 nitrogen and oxygen atoms in total. The summed E-state index contributed by atoms with van der Waals surface area (Å²) >= 11 is 1.56. The second kappa shape index (κ2) is 6.59. The Kier molecular flexibility index (Phi) is 4.51. The highest BCUT2D eigenvalue weighted by atomic mass is 32.1. The maximum Gasteiger partial charge on any atom is 0.287 e. The van der Waals surface area contributed by atoms with E-state index in [-0.39, 0.29) is 17.7 Å². The maximum atomic E-state index is 12.2. The van der Waals surface area contributed by atoms with Gasteiger partial charge in [0.2, 0.25) is 0 Å². The SMILES string of the molecule is CC(O)(CNC(=O)c1cc(=O)c2ccccc2o1)Cc1ccsc1. The molecule has 0 aliphatic carbocycles. The second-order valence-electron chi connectivity index (χ2n) is 5.96. The molecular formula is C18H17NO4S. The van der Waals surface area contributed by atoms with Gasteiger partial charge in [0.1, 0.15) is 5.58 Å². The predicted octanol–water partition coefficient (Wildman–Crippen LogP) is 2.58. The Morgan fingerprint density at radius 1 is 1.33 bits per heavy atom. The zero-order chi connectivity index (χ0) is 17.2. The molecule has 2 heterocycles. The summed E-state index contributed by atoms with van der Waals surface area (Å²) in [4.78, 5) is 24.3. The Hall–Kier alpha value is -2.44. The molecule has 24 heavy (non-hydrogen) atoms. The van der Waals surface area contributed by atoms with E-state index in [1.807, 2.05) is 16.8 Å². The van der Waals surface area contributed by atoms with Gasteiger partial charge < -0.3 is 14.8 Å². The van der Waals surface area contributed by atoms with E-state index in [1.165, 1.54) is 6.07 Å². The first kappa shape index (κ1) is 16.4. The van der Waals surface area contributed by atoms with Crippen LogP contribution in [0.25, 0.3) is 11.0 Å². The van der Waals surface area contributed by atoms with Crippen molar-refractivity contribution in [3.05, 3.63) is 68.7 Å². The van der Waals surface area contributed by atoms with Gasteiger partial charge >= 0.3 is 0 Å². The van der Waals surface area contributed by atoms with E-state index in [9.17, 15) is 14.7 Å². The summed E-state index contributed by atoms with van der Waals surface area (Å²) in [7, 11) is 0. The first-order chi connectivity index (χ1) is 11.4. The molecule has 124 valence electrons. The minimum absolute atomic E-state index is 0.0538. The lowest BCUT2D eigenvalue weighted by Gasteiger charge is -2.23. The smallest absolute Gasteiger partial charge is 0.287 e. The van der Waals surface area contributed by atoms with Crippen LogP contribution in [0.5, 0.6) is 0 Å². The number of rotatable bonds is 5. The Bertz CT molecular complexity index is 912. The number of para-hydroxylation sites is 1. The van der Waals surface area contributed by atoms with E-state index >= 15 is 0 Å². The Balaban J connectivity index is 1.72. The molecule has 0 aliphatic rings. The molecule has 3 aromatic rings. The van der Waals surface area contributed by atoms with E-state index in [4.69, 9.17) is 4.42 Å². The Morgan fingerprint density at radius 2 is 2.12 bits per heavy atom. The number of thiophene rings is 1. The van der Waals surface area contributed by atoms with Crippen molar-refractivity contribution < 1.29 is 14.3 Å². The fourth-order valence-corrected chi connectivity index (χ4v) is 3.14. The lowest BCUT2D eigenvalue weighted by molar-refractivity contribution is 0.0545. The number of benzene rings is 1. The van der Waals surface area contributed by atoms with Gasteiger partial charge in [0, 0.05) is 19.0 Å². The van der Waals surface area contributed by atoms with Crippen LogP contribution < -0.4 is 10.7 Å². The van der Waals surface area contributed by atoms with E-state index in [0.29, 0.717) is 17.4 Å². The van der Waals surface area contributed by atoms with E-state index in [0.717, 1.165) is 5.56 Å². The number of hydrogen-bond donors (Lipinski definition) is 2. The highest BCUT2D eigenvalue weighted by molar-refractivity contribution is 7.07. The summed E-state index contributed by atoms with van der Waals surface area (Å²) in [5, 5.41) is 17.4. The van der Waals surface area contributed by atoms with Crippen LogP contribution in [0.2, 0.25) is 0 Å². The third kappa shape index (κ3) is 3.72. The number of fused-ring (bicyclic) bond motifs is 1. The van der Waals surface area contributed by atoms with E-state index < -0.39 is 11.5 Å². The molecule has 0 fully saturated rings. The van der Waals surface area contributed by atoms with Crippen molar-refractivity contribution in [1.82, 2.24) is 5.32 Å².